The molecule has 0 fully saturated rings. The normalized spacial score (nSPS) is 10.7. The number of nitrogens with zero attached hydrogens (tertiary/aromatic N) is 1. The van der Waals surface area contributed by atoms with Gasteiger partial charge in [0.2, 0.25) is 0 Å². The molecule has 0 aliphatic carbocycles. The predicted octanol–water partition coefficient (Wildman–Crippen LogP) is 3.56. The van der Waals surface area contributed by atoms with Crippen molar-refractivity contribution in [1.29, 1.82) is 0 Å². The van der Waals surface area contributed by atoms with Gasteiger partial charge in [-0.3, -0.25) is 9.78 Å². The highest BCUT2D eigenvalue weighted by molar-refractivity contribution is 7.21. The van der Waals surface area contributed by atoms with Crippen LogP contribution >= 0.6 is 22.9 Å². The van der Waals surface area contributed by atoms with Gasteiger partial charge in [-0.05, 0) is 30.3 Å². The summed E-state index contributed by atoms with van der Waals surface area (Å²) in [6, 6.07) is 8.84. The van der Waals surface area contributed by atoms with Crippen LogP contribution in [0.2, 0.25) is 5.02 Å². The summed E-state index contributed by atoms with van der Waals surface area (Å²) in [7, 11) is 1.60. The van der Waals surface area contributed by atoms with Crippen LogP contribution in [-0.2, 0) is 6.54 Å². The molecular weight excluding hydrogens is 334 g/mol. The van der Waals surface area contributed by atoms with E-state index in [0.29, 0.717) is 27.9 Å². The van der Waals surface area contributed by atoms with Crippen LogP contribution in [0.1, 0.15) is 15.4 Å². The maximum absolute atomic E-state index is 11.9. The number of nitrogens with one attached hydrogen (secondary N) is 1. The van der Waals surface area contributed by atoms with Crippen molar-refractivity contribution in [2.24, 2.45) is 5.73 Å². The summed E-state index contributed by atoms with van der Waals surface area (Å²) in [6.45, 7) is 0.297. The van der Waals surface area contributed by atoms with Gasteiger partial charge in [0.05, 0.1) is 21.5 Å². The summed E-state index contributed by atoms with van der Waals surface area (Å²) in [5, 5.41) is 4.07. The molecule has 3 N–H and O–H groups in total. The minimum atomic E-state index is -0.147. The lowest BCUT2D eigenvalue weighted by atomic mass is 10.2. The zero-order chi connectivity index (χ0) is 16.4. The third-order valence-corrected chi connectivity index (χ3v) is 4.72. The van der Waals surface area contributed by atoms with E-state index in [2.05, 4.69) is 10.3 Å². The second-order valence-electron chi connectivity index (χ2n) is 4.76. The predicted molar refractivity (Wildman–Crippen MR) is 92.4 cm³/mol. The van der Waals surface area contributed by atoms with Crippen LogP contribution in [0, 0.1) is 0 Å². The summed E-state index contributed by atoms with van der Waals surface area (Å²) in [5.74, 6) is 1.07. The Balaban J connectivity index is 2.07. The number of thiophene rings is 1. The smallest absolute Gasteiger partial charge is 0.261 e. The number of rotatable bonds is 4. The van der Waals surface area contributed by atoms with Crippen LogP contribution < -0.4 is 15.8 Å². The molecule has 0 saturated heterocycles. The number of fused-ring (bicyclic) bond motifs is 1. The number of benzene rings is 1. The van der Waals surface area contributed by atoms with Gasteiger partial charge in [-0.1, -0.05) is 11.6 Å². The molecule has 2 aromatic heterocycles. The summed E-state index contributed by atoms with van der Waals surface area (Å²) in [5.41, 5.74) is 6.48. The molecule has 0 aliphatic rings. The number of hydrogen-bond donors (Lipinski definition) is 2. The first-order valence-electron chi connectivity index (χ1n) is 6.89. The van der Waals surface area contributed by atoms with Crippen LogP contribution in [0.4, 0.5) is 0 Å². The Hall–Kier alpha value is -2.15. The lowest BCUT2D eigenvalue weighted by Gasteiger charge is -2.08. The summed E-state index contributed by atoms with van der Waals surface area (Å²) in [6.07, 6.45) is 1.62. The molecule has 0 bridgehead atoms. The largest absolute Gasteiger partial charge is 0.455 e. The van der Waals surface area contributed by atoms with Crippen LogP contribution in [0.3, 0.4) is 0 Å². The number of hydrogen-bond acceptors (Lipinski definition) is 5. The molecule has 0 atom stereocenters. The third kappa shape index (κ3) is 3.14. The van der Waals surface area contributed by atoms with Crippen molar-refractivity contribution < 1.29 is 9.53 Å². The van der Waals surface area contributed by atoms with E-state index in [1.807, 2.05) is 0 Å². The average Bonchev–Trinajstić information content (AvgIpc) is 3.02. The Kier molecular flexibility index (Phi) is 4.47. The molecule has 1 aromatic carbocycles. The van der Waals surface area contributed by atoms with Gasteiger partial charge in [0.25, 0.3) is 5.91 Å². The maximum atomic E-state index is 11.9. The highest BCUT2D eigenvalue weighted by Crippen LogP contribution is 2.36. The molecule has 0 unspecified atom stereocenters. The number of carbonyl (C=O) groups excluding carboxylic acids is 1. The minimum absolute atomic E-state index is 0.147. The third-order valence-electron chi connectivity index (χ3n) is 3.28. The second-order valence-corrected chi connectivity index (χ2v) is 6.25. The van der Waals surface area contributed by atoms with Crippen molar-refractivity contribution in [3.8, 4) is 11.5 Å². The second kappa shape index (κ2) is 6.54. The molecule has 0 spiro atoms. The molecule has 1 amide bonds. The van der Waals surface area contributed by atoms with Crippen molar-refractivity contribution in [3.05, 3.63) is 52.1 Å². The molecule has 0 aliphatic heterocycles. The van der Waals surface area contributed by atoms with Crippen LogP contribution in [-0.4, -0.2) is 17.9 Å². The standard InChI is InChI=1S/C16H14ClN3O2S/c1-19-16(21)14-6-11-13(8-20-12(7-18)15(11)23-14)22-10-4-2-9(17)3-5-10/h2-6,8H,7,18H2,1H3,(H,19,21). The van der Waals surface area contributed by atoms with Gasteiger partial charge in [0, 0.05) is 24.0 Å². The summed E-state index contributed by atoms with van der Waals surface area (Å²) >= 11 is 7.23. The summed E-state index contributed by atoms with van der Waals surface area (Å²) < 4.78 is 6.74. The van der Waals surface area contributed by atoms with Crippen molar-refractivity contribution in [2.45, 2.75) is 6.54 Å². The quantitative estimate of drug-likeness (QED) is 0.756. The Morgan fingerprint density at radius 1 is 1.39 bits per heavy atom. The molecule has 118 valence electrons. The number of ether oxygens (including phenoxy) is 1. The first kappa shape index (κ1) is 15.7. The van der Waals surface area contributed by atoms with Gasteiger partial charge in [-0.15, -0.1) is 11.3 Å². The van der Waals surface area contributed by atoms with E-state index in [1.165, 1.54) is 11.3 Å². The number of carbonyl (C=O) groups is 1. The van der Waals surface area contributed by atoms with Gasteiger partial charge < -0.3 is 15.8 Å². The molecule has 2 heterocycles. The zero-order valence-corrected chi connectivity index (χ0v) is 13.9. The Morgan fingerprint density at radius 2 is 2.13 bits per heavy atom. The lowest BCUT2D eigenvalue weighted by molar-refractivity contribution is 0.0967. The van der Waals surface area contributed by atoms with Crippen molar-refractivity contribution in [3.63, 3.8) is 0 Å². The molecule has 0 radical (unpaired) electrons. The average molecular weight is 348 g/mol. The topological polar surface area (TPSA) is 77.2 Å². The van der Waals surface area contributed by atoms with Gasteiger partial charge in [-0.25, -0.2) is 0 Å². The number of pyridine rings is 1. The Bertz CT molecular complexity index is 862. The number of amides is 1. The van der Waals surface area contributed by atoms with E-state index in [1.54, 1.807) is 43.6 Å². The first-order valence-corrected chi connectivity index (χ1v) is 8.09. The van der Waals surface area contributed by atoms with Gasteiger partial charge in [-0.2, -0.15) is 0 Å². The first-order chi connectivity index (χ1) is 11.1. The highest BCUT2D eigenvalue weighted by Gasteiger charge is 2.16. The van der Waals surface area contributed by atoms with Gasteiger partial charge >= 0.3 is 0 Å². The fraction of sp³-hybridized carbons (Fsp3) is 0.125. The Labute approximate surface area is 142 Å². The van der Waals surface area contributed by atoms with E-state index < -0.39 is 0 Å². The number of nitrogens with two attached hydrogens (primary N) is 1. The van der Waals surface area contributed by atoms with E-state index in [-0.39, 0.29) is 5.91 Å². The summed E-state index contributed by atoms with van der Waals surface area (Å²) in [4.78, 5) is 16.8. The van der Waals surface area contributed by atoms with Crippen molar-refractivity contribution in [2.75, 3.05) is 7.05 Å². The van der Waals surface area contributed by atoms with Crippen molar-refractivity contribution >= 4 is 38.9 Å². The molecule has 23 heavy (non-hydrogen) atoms. The molecule has 7 heteroatoms. The highest BCUT2D eigenvalue weighted by atomic mass is 35.5. The van der Waals surface area contributed by atoms with Gasteiger partial charge in [0.1, 0.15) is 5.75 Å². The van der Waals surface area contributed by atoms with E-state index in [9.17, 15) is 4.79 Å². The molecule has 3 rings (SSSR count). The maximum Gasteiger partial charge on any atom is 0.261 e. The minimum Gasteiger partial charge on any atom is -0.455 e. The molecular formula is C16H14ClN3O2S. The number of halogens is 1. The van der Waals surface area contributed by atoms with E-state index in [0.717, 1.165) is 15.8 Å². The molecule has 3 aromatic rings. The zero-order valence-electron chi connectivity index (χ0n) is 12.3. The SMILES string of the molecule is CNC(=O)c1cc2c(Oc3ccc(Cl)cc3)cnc(CN)c2s1. The Morgan fingerprint density at radius 3 is 2.78 bits per heavy atom. The van der Waals surface area contributed by atoms with E-state index in [4.69, 9.17) is 22.1 Å². The van der Waals surface area contributed by atoms with Crippen LogP contribution in [0.5, 0.6) is 11.5 Å². The fourth-order valence-corrected chi connectivity index (χ4v) is 3.39. The van der Waals surface area contributed by atoms with E-state index >= 15 is 0 Å². The lowest BCUT2D eigenvalue weighted by Crippen LogP contribution is -2.15. The monoisotopic (exact) mass is 347 g/mol. The van der Waals surface area contributed by atoms with Crippen LogP contribution in [0.15, 0.2) is 36.5 Å². The molecule has 5 nitrogen and oxygen atoms in total. The number of aromatic nitrogens is 1. The van der Waals surface area contributed by atoms with Crippen LogP contribution in [0.25, 0.3) is 10.1 Å². The fourth-order valence-electron chi connectivity index (χ4n) is 2.14. The van der Waals surface area contributed by atoms with Gasteiger partial charge in [0.15, 0.2) is 5.75 Å². The van der Waals surface area contributed by atoms with Crippen molar-refractivity contribution in [1.82, 2.24) is 10.3 Å². The molecule has 0 saturated carbocycles.